The van der Waals surface area contributed by atoms with Crippen LogP contribution >= 0.6 is 11.6 Å². The molecule has 2 saturated carbocycles. The van der Waals surface area contributed by atoms with Crippen molar-refractivity contribution in [2.75, 3.05) is 0 Å². The number of fused-ring (bicyclic) bond motifs is 1. The third-order valence-corrected chi connectivity index (χ3v) is 6.67. The van der Waals surface area contributed by atoms with Gasteiger partial charge in [-0.15, -0.1) is 0 Å². The molecule has 142 valence electrons. The molecule has 0 bridgehead atoms. The third kappa shape index (κ3) is 3.07. The predicted molar refractivity (Wildman–Crippen MR) is 112 cm³/mol. The van der Waals surface area contributed by atoms with Crippen molar-refractivity contribution < 1.29 is 5.21 Å². The van der Waals surface area contributed by atoms with Crippen molar-refractivity contribution in [1.82, 2.24) is 10.5 Å². The Morgan fingerprint density at radius 2 is 1.79 bits per heavy atom. The van der Waals surface area contributed by atoms with E-state index in [1.807, 2.05) is 36.5 Å². The molecule has 0 unspecified atom stereocenters. The molecule has 1 aromatic heterocycles. The van der Waals surface area contributed by atoms with Crippen LogP contribution in [-0.2, 0) is 0 Å². The van der Waals surface area contributed by atoms with E-state index in [9.17, 15) is 5.21 Å². The number of nitrogens with one attached hydrogen (secondary N) is 1. The van der Waals surface area contributed by atoms with Crippen LogP contribution in [0.4, 0.5) is 5.69 Å². The molecule has 2 aromatic carbocycles. The second-order valence-corrected chi connectivity index (χ2v) is 8.65. The minimum atomic E-state index is 0.288. The molecule has 2 aliphatic carbocycles. The summed E-state index contributed by atoms with van der Waals surface area (Å²) in [5.74, 6) is 1.55. The lowest BCUT2D eigenvalue weighted by molar-refractivity contribution is -0.0194. The highest BCUT2D eigenvalue weighted by Crippen LogP contribution is 2.64. The molecule has 0 radical (unpaired) electrons. The Kier molecular flexibility index (Phi) is 4.33. The fourth-order valence-corrected chi connectivity index (χ4v) is 5.18. The summed E-state index contributed by atoms with van der Waals surface area (Å²) in [6.07, 6.45) is 6.49. The largest absolute Gasteiger partial charge is 0.290 e. The quantitative estimate of drug-likeness (QED) is 0.333. The van der Waals surface area contributed by atoms with Gasteiger partial charge in [-0.3, -0.25) is 15.7 Å². The molecule has 5 heteroatoms. The van der Waals surface area contributed by atoms with E-state index in [0.29, 0.717) is 22.2 Å². The first-order valence-electron chi connectivity index (χ1n) is 9.74. The number of aromatic nitrogens is 1. The van der Waals surface area contributed by atoms with E-state index in [1.165, 1.54) is 23.8 Å². The van der Waals surface area contributed by atoms with Gasteiger partial charge in [0.25, 0.3) is 0 Å². The Balaban J connectivity index is 1.27. The molecule has 5 rings (SSSR count). The van der Waals surface area contributed by atoms with Gasteiger partial charge in [-0.1, -0.05) is 29.8 Å². The van der Waals surface area contributed by atoms with Crippen LogP contribution in [0, 0.1) is 11.3 Å². The minimum Gasteiger partial charge on any atom is -0.290 e. The zero-order chi connectivity index (χ0) is 19.1. The van der Waals surface area contributed by atoms with E-state index >= 15 is 0 Å². The van der Waals surface area contributed by atoms with Crippen molar-refractivity contribution in [3.8, 4) is 0 Å². The Labute approximate surface area is 169 Å². The lowest BCUT2D eigenvalue weighted by atomic mass is 9.47. The smallest absolute Gasteiger partial charge is 0.129 e. The van der Waals surface area contributed by atoms with E-state index in [2.05, 4.69) is 39.7 Å². The summed E-state index contributed by atoms with van der Waals surface area (Å²) in [7, 11) is 0. The minimum absolute atomic E-state index is 0.288. The Hall–Kier alpha value is -2.43. The summed E-state index contributed by atoms with van der Waals surface area (Å²) < 4.78 is 0. The molecule has 0 saturated heterocycles. The molecule has 0 amide bonds. The molecule has 0 atom stereocenters. The van der Waals surface area contributed by atoms with Crippen molar-refractivity contribution in [3.05, 3.63) is 71.4 Å². The van der Waals surface area contributed by atoms with Crippen LogP contribution in [0.2, 0.25) is 5.02 Å². The third-order valence-electron chi connectivity index (χ3n) is 6.42. The van der Waals surface area contributed by atoms with Crippen LogP contribution in [0.3, 0.4) is 0 Å². The van der Waals surface area contributed by atoms with Crippen LogP contribution in [0.15, 0.2) is 65.8 Å². The first-order chi connectivity index (χ1) is 13.7. The topological polar surface area (TPSA) is 57.5 Å². The molecule has 2 fully saturated rings. The first-order valence-corrected chi connectivity index (χ1v) is 10.1. The van der Waals surface area contributed by atoms with Crippen molar-refractivity contribution in [3.63, 3.8) is 0 Å². The molecular weight excluding hydrogens is 370 g/mol. The Bertz CT molecular complexity index is 1030. The van der Waals surface area contributed by atoms with E-state index in [-0.39, 0.29) is 5.92 Å². The highest BCUT2D eigenvalue weighted by atomic mass is 35.5. The SMILES string of the molecule is ONC(=Nc1ccc(Cl)cc1)C1CC2(C1)CC(c1ccnc3ccccc13)C2. The fraction of sp³-hybridized carbons (Fsp3) is 0.304. The normalized spacial score (nSPS) is 26.7. The van der Waals surface area contributed by atoms with Crippen LogP contribution in [-0.4, -0.2) is 16.0 Å². The molecule has 3 aromatic rings. The van der Waals surface area contributed by atoms with Crippen molar-refractivity contribution in [2.24, 2.45) is 16.3 Å². The fourth-order valence-electron chi connectivity index (χ4n) is 5.05. The zero-order valence-electron chi connectivity index (χ0n) is 15.5. The first kappa shape index (κ1) is 17.7. The summed E-state index contributed by atoms with van der Waals surface area (Å²) in [6.45, 7) is 0. The lowest BCUT2D eigenvalue weighted by Gasteiger charge is -2.58. The van der Waals surface area contributed by atoms with Gasteiger partial charge in [0.05, 0.1) is 11.2 Å². The highest BCUT2D eigenvalue weighted by Gasteiger charge is 2.54. The van der Waals surface area contributed by atoms with Crippen molar-refractivity contribution in [1.29, 1.82) is 0 Å². The zero-order valence-corrected chi connectivity index (χ0v) is 16.2. The average Bonchev–Trinajstić information content (AvgIpc) is 2.66. The summed E-state index contributed by atoms with van der Waals surface area (Å²) in [6, 6.07) is 17.9. The number of benzene rings is 2. The van der Waals surface area contributed by atoms with E-state index < -0.39 is 0 Å². The Morgan fingerprint density at radius 1 is 1.04 bits per heavy atom. The molecule has 1 spiro atoms. The number of hydrogen-bond acceptors (Lipinski definition) is 3. The number of para-hydroxylation sites is 1. The molecule has 2 aliphatic rings. The van der Waals surface area contributed by atoms with Gasteiger partial charge in [0.1, 0.15) is 5.84 Å². The number of aliphatic imine (C=N–C) groups is 1. The van der Waals surface area contributed by atoms with Gasteiger partial charge in [0, 0.05) is 22.5 Å². The second kappa shape index (κ2) is 6.87. The second-order valence-electron chi connectivity index (χ2n) is 8.21. The number of rotatable bonds is 3. The highest BCUT2D eigenvalue weighted by molar-refractivity contribution is 6.30. The molecular formula is C23H22ClN3O. The Morgan fingerprint density at radius 3 is 2.54 bits per heavy atom. The number of hydrogen-bond donors (Lipinski definition) is 2. The summed E-state index contributed by atoms with van der Waals surface area (Å²) >= 11 is 5.93. The van der Waals surface area contributed by atoms with Gasteiger partial charge in [0.15, 0.2) is 0 Å². The van der Waals surface area contributed by atoms with Crippen LogP contribution in [0.1, 0.15) is 37.2 Å². The van der Waals surface area contributed by atoms with Crippen LogP contribution < -0.4 is 5.48 Å². The van der Waals surface area contributed by atoms with E-state index in [4.69, 9.17) is 11.6 Å². The van der Waals surface area contributed by atoms with Gasteiger partial charge in [-0.2, -0.15) is 0 Å². The van der Waals surface area contributed by atoms with Crippen LogP contribution in [0.5, 0.6) is 0 Å². The van der Waals surface area contributed by atoms with Crippen LogP contribution in [0.25, 0.3) is 10.9 Å². The molecule has 1 heterocycles. The predicted octanol–water partition coefficient (Wildman–Crippen LogP) is 5.87. The van der Waals surface area contributed by atoms with Crippen molar-refractivity contribution >= 4 is 34.0 Å². The van der Waals surface area contributed by atoms with Gasteiger partial charge >= 0.3 is 0 Å². The standard InChI is InChI=1S/C23H22ClN3O/c24-17-5-7-18(8-6-17)26-22(27-28)16-13-23(14-16)11-15(12-23)19-9-10-25-21-4-2-1-3-20(19)21/h1-10,15-16,28H,11-14H2,(H,26,27). The molecule has 4 nitrogen and oxygen atoms in total. The van der Waals surface area contributed by atoms with Gasteiger partial charge in [0.2, 0.25) is 0 Å². The van der Waals surface area contributed by atoms with E-state index in [0.717, 1.165) is 24.0 Å². The maximum atomic E-state index is 9.57. The van der Waals surface area contributed by atoms with Crippen molar-refractivity contribution in [2.45, 2.75) is 31.6 Å². The molecule has 0 aliphatic heterocycles. The molecule has 2 N–H and O–H groups in total. The number of hydroxylamine groups is 1. The van der Waals surface area contributed by atoms with Gasteiger partial charge in [-0.05, 0) is 79.0 Å². The van der Waals surface area contributed by atoms with Gasteiger partial charge in [-0.25, -0.2) is 4.99 Å². The summed E-state index contributed by atoms with van der Waals surface area (Å²) in [5, 5.41) is 11.5. The number of nitrogens with zero attached hydrogens (tertiary/aromatic N) is 2. The number of amidine groups is 1. The number of halogens is 1. The van der Waals surface area contributed by atoms with E-state index in [1.54, 1.807) is 0 Å². The average molecular weight is 392 g/mol. The molecule has 28 heavy (non-hydrogen) atoms. The monoisotopic (exact) mass is 391 g/mol. The maximum absolute atomic E-state index is 9.57. The maximum Gasteiger partial charge on any atom is 0.129 e. The number of pyridine rings is 1. The summed E-state index contributed by atoms with van der Waals surface area (Å²) in [5.41, 5.74) is 6.04. The van der Waals surface area contributed by atoms with Gasteiger partial charge < -0.3 is 0 Å². The lowest BCUT2D eigenvalue weighted by Crippen LogP contribution is -2.51. The summed E-state index contributed by atoms with van der Waals surface area (Å²) in [4.78, 5) is 9.06.